The Morgan fingerprint density at radius 3 is 2.46 bits per heavy atom. The third-order valence-electron chi connectivity index (χ3n) is 3.87. The summed E-state index contributed by atoms with van der Waals surface area (Å²) in [7, 11) is 0. The van der Waals surface area contributed by atoms with Crippen LogP contribution in [0.2, 0.25) is 5.02 Å². The summed E-state index contributed by atoms with van der Waals surface area (Å²) in [6.07, 6.45) is 0. The number of carbonyl (C=O) groups excluding carboxylic acids is 2. The van der Waals surface area contributed by atoms with E-state index in [4.69, 9.17) is 21.4 Å². The number of hydrogen-bond donors (Lipinski definition) is 1. The molecular formula is C18H16ClNO4. The zero-order chi connectivity index (χ0) is 17.1. The lowest BCUT2D eigenvalue weighted by atomic mass is 10.1. The number of fused-ring (bicyclic) bond motifs is 1. The quantitative estimate of drug-likeness (QED) is 0.645. The molecule has 24 heavy (non-hydrogen) atoms. The van der Waals surface area contributed by atoms with Gasteiger partial charge in [0, 0.05) is 11.6 Å². The van der Waals surface area contributed by atoms with Gasteiger partial charge in [0.25, 0.3) is 11.7 Å². The molecule has 124 valence electrons. The average Bonchev–Trinajstić information content (AvgIpc) is 2.83. The predicted octanol–water partition coefficient (Wildman–Crippen LogP) is 2.58. The summed E-state index contributed by atoms with van der Waals surface area (Å²) in [5.74, 6) is -1.09. The van der Waals surface area contributed by atoms with Crippen LogP contribution in [0.5, 0.6) is 0 Å². The molecule has 6 heteroatoms. The number of halogens is 1. The van der Waals surface area contributed by atoms with Gasteiger partial charge in [-0.15, -0.1) is 0 Å². The van der Waals surface area contributed by atoms with E-state index in [2.05, 4.69) is 0 Å². The van der Waals surface area contributed by atoms with Crippen molar-refractivity contribution in [3.8, 4) is 0 Å². The Morgan fingerprint density at radius 2 is 1.75 bits per heavy atom. The Bertz CT molecular complexity index is 773. The number of ether oxygens (including phenoxy) is 1. The Hall–Kier alpha value is -2.21. The van der Waals surface area contributed by atoms with Crippen LogP contribution in [-0.2, 0) is 22.7 Å². The van der Waals surface area contributed by atoms with E-state index in [0.29, 0.717) is 36.0 Å². The number of anilines is 1. The van der Waals surface area contributed by atoms with E-state index in [0.717, 1.165) is 11.1 Å². The molecule has 0 atom stereocenters. The van der Waals surface area contributed by atoms with E-state index < -0.39 is 11.7 Å². The largest absolute Gasteiger partial charge is 0.392 e. The highest BCUT2D eigenvalue weighted by molar-refractivity contribution is 6.52. The molecule has 0 saturated carbocycles. The second-order valence-corrected chi connectivity index (χ2v) is 5.91. The monoisotopic (exact) mass is 345 g/mol. The van der Waals surface area contributed by atoms with Crippen LogP contribution in [0.1, 0.15) is 21.5 Å². The summed E-state index contributed by atoms with van der Waals surface area (Å²) in [4.78, 5) is 25.4. The fourth-order valence-corrected chi connectivity index (χ4v) is 2.75. The molecule has 1 amide bonds. The standard InChI is InChI=1S/C18H16ClNO4/c19-14-5-6-16-15(9-14)17(22)18(23)20(16)7-8-24-11-13-3-1-12(10-21)2-4-13/h1-6,9,21H,7-8,10-11H2. The normalized spacial score (nSPS) is 13.5. The third-order valence-corrected chi connectivity index (χ3v) is 4.10. The third kappa shape index (κ3) is 3.33. The van der Waals surface area contributed by atoms with Crippen molar-refractivity contribution in [1.82, 2.24) is 0 Å². The summed E-state index contributed by atoms with van der Waals surface area (Å²) in [5.41, 5.74) is 2.73. The van der Waals surface area contributed by atoms with Crippen LogP contribution < -0.4 is 4.90 Å². The number of hydrogen-bond acceptors (Lipinski definition) is 4. The first-order chi connectivity index (χ1) is 11.6. The van der Waals surface area contributed by atoms with E-state index in [1.807, 2.05) is 24.3 Å². The maximum Gasteiger partial charge on any atom is 0.299 e. The molecule has 1 aliphatic rings. The van der Waals surface area contributed by atoms with Crippen molar-refractivity contribution in [3.05, 3.63) is 64.2 Å². The minimum Gasteiger partial charge on any atom is -0.392 e. The van der Waals surface area contributed by atoms with Crippen LogP contribution in [0, 0.1) is 0 Å². The molecule has 0 aromatic heterocycles. The van der Waals surface area contributed by atoms with Gasteiger partial charge in [0.2, 0.25) is 0 Å². The Balaban J connectivity index is 1.57. The van der Waals surface area contributed by atoms with Crippen molar-refractivity contribution in [1.29, 1.82) is 0 Å². The summed E-state index contributed by atoms with van der Waals surface area (Å²) < 4.78 is 5.58. The van der Waals surface area contributed by atoms with E-state index in [-0.39, 0.29) is 6.61 Å². The molecule has 0 spiro atoms. The molecule has 0 radical (unpaired) electrons. The Kier molecular flexibility index (Phi) is 4.94. The zero-order valence-corrected chi connectivity index (χ0v) is 13.6. The van der Waals surface area contributed by atoms with Crippen LogP contribution in [0.4, 0.5) is 5.69 Å². The molecule has 0 unspecified atom stereocenters. The van der Waals surface area contributed by atoms with Crippen molar-refractivity contribution >= 4 is 29.0 Å². The highest BCUT2D eigenvalue weighted by Gasteiger charge is 2.35. The molecule has 1 N–H and O–H groups in total. The average molecular weight is 346 g/mol. The van der Waals surface area contributed by atoms with Crippen LogP contribution in [0.15, 0.2) is 42.5 Å². The maximum atomic E-state index is 12.1. The van der Waals surface area contributed by atoms with Gasteiger partial charge in [-0.2, -0.15) is 0 Å². The molecule has 0 aliphatic carbocycles. The predicted molar refractivity (Wildman–Crippen MR) is 90.2 cm³/mol. The van der Waals surface area contributed by atoms with Gasteiger partial charge in [-0.3, -0.25) is 9.59 Å². The van der Waals surface area contributed by atoms with Crippen LogP contribution in [0.25, 0.3) is 0 Å². The highest BCUT2D eigenvalue weighted by atomic mass is 35.5. The summed E-state index contributed by atoms with van der Waals surface area (Å²) in [6, 6.07) is 12.3. The molecule has 0 bridgehead atoms. The van der Waals surface area contributed by atoms with E-state index in [9.17, 15) is 9.59 Å². The Labute approximate surface area is 144 Å². The summed E-state index contributed by atoms with van der Waals surface area (Å²) in [6.45, 7) is 1.02. The first-order valence-corrected chi connectivity index (χ1v) is 7.90. The summed E-state index contributed by atoms with van der Waals surface area (Å²) in [5, 5.41) is 9.43. The van der Waals surface area contributed by atoms with E-state index in [1.165, 1.54) is 11.0 Å². The first kappa shape index (κ1) is 16.6. The molecular weight excluding hydrogens is 330 g/mol. The van der Waals surface area contributed by atoms with Crippen LogP contribution in [0.3, 0.4) is 0 Å². The number of benzene rings is 2. The number of aliphatic hydroxyl groups is 1. The molecule has 0 fully saturated rings. The van der Waals surface area contributed by atoms with Gasteiger partial charge in [0.15, 0.2) is 0 Å². The zero-order valence-electron chi connectivity index (χ0n) is 12.9. The minimum atomic E-state index is -0.553. The van der Waals surface area contributed by atoms with Crippen molar-refractivity contribution in [3.63, 3.8) is 0 Å². The Morgan fingerprint density at radius 1 is 1.04 bits per heavy atom. The number of amides is 1. The van der Waals surface area contributed by atoms with Crippen molar-refractivity contribution in [2.75, 3.05) is 18.1 Å². The molecule has 3 rings (SSSR count). The first-order valence-electron chi connectivity index (χ1n) is 7.52. The van der Waals surface area contributed by atoms with E-state index >= 15 is 0 Å². The van der Waals surface area contributed by atoms with E-state index in [1.54, 1.807) is 12.1 Å². The smallest absolute Gasteiger partial charge is 0.299 e. The maximum absolute atomic E-state index is 12.1. The number of ketones is 1. The van der Waals surface area contributed by atoms with Crippen molar-refractivity contribution in [2.24, 2.45) is 0 Å². The molecule has 2 aromatic rings. The highest BCUT2D eigenvalue weighted by Crippen LogP contribution is 2.30. The second kappa shape index (κ2) is 7.13. The number of aliphatic hydroxyl groups excluding tert-OH is 1. The van der Waals surface area contributed by atoms with Gasteiger partial charge in [0.05, 0.1) is 31.1 Å². The molecule has 1 heterocycles. The lowest BCUT2D eigenvalue weighted by Gasteiger charge is -2.16. The number of Topliss-reactive ketones (excluding diaryl/α,β-unsaturated/α-hetero) is 1. The van der Waals surface area contributed by atoms with Gasteiger partial charge in [-0.05, 0) is 29.3 Å². The molecule has 5 nitrogen and oxygen atoms in total. The fraction of sp³-hybridized carbons (Fsp3) is 0.222. The number of carbonyl (C=O) groups is 2. The van der Waals surface area contributed by atoms with Gasteiger partial charge in [0.1, 0.15) is 0 Å². The van der Waals surface area contributed by atoms with Gasteiger partial charge >= 0.3 is 0 Å². The SMILES string of the molecule is O=C1C(=O)N(CCOCc2ccc(CO)cc2)c2ccc(Cl)cc21. The fourth-order valence-electron chi connectivity index (χ4n) is 2.58. The van der Waals surface area contributed by atoms with Crippen molar-refractivity contribution in [2.45, 2.75) is 13.2 Å². The number of nitrogens with zero attached hydrogens (tertiary/aromatic N) is 1. The molecule has 0 saturated heterocycles. The summed E-state index contributed by atoms with van der Waals surface area (Å²) >= 11 is 5.88. The topological polar surface area (TPSA) is 66.8 Å². The lowest BCUT2D eigenvalue weighted by Crippen LogP contribution is -2.32. The van der Waals surface area contributed by atoms with Gasteiger partial charge in [-0.25, -0.2) is 0 Å². The van der Waals surface area contributed by atoms with Crippen LogP contribution >= 0.6 is 11.6 Å². The molecule has 1 aliphatic heterocycles. The molecule has 2 aromatic carbocycles. The van der Waals surface area contributed by atoms with Crippen molar-refractivity contribution < 1.29 is 19.4 Å². The van der Waals surface area contributed by atoms with Crippen LogP contribution in [-0.4, -0.2) is 29.9 Å². The second-order valence-electron chi connectivity index (χ2n) is 5.47. The minimum absolute atomic E-state index is 0.00959. The van der Waals surface area contributed by atoms with Gasteiger partial charge < -0.3 is 14.7 Å². The lowest BCUT2D eigenvalue weighted by molar-refractivity contribution is -0.114. The number of rotatable bonds is 6. The van der Waals surface area contributed by atoms with Gasteiger partial charge in [-0.1, -0.05) is 35.9 Å².